The van der Waals surface area contributed by atoms with Crippen molar-refractivity contribution < 1.29 is 9.53 Å². The lowest BCUT2D eigenvalue weighted by molar-refractivity contribution is -0.143. The van der Waals surface area contributed by atoms with E-state index in [2.05, 4.69) is 22.2 Å². The lowest BCUT2D eigenvalue weighted by Gasteiger charge is -2.26. The fourth-order valence-electron chi connectivity index (χ4n) is 1.69. The third-order valence-corrected chi connectivity index (χ3v) is 2.70. The Morgan fingerprint density at radius 1 is 1.44 bits per heavy atom. The Balaban J connectivity index is 1.91. The maximum atomic E-state index is 11.5. The van der Waals surface area contributed by atoms with Crippen molar-refractivity contribution in [3.05, 3.63) is 18.1 Å². The number of carbonyl (C=O) groups excluding carboxylic acids is 1. The molecule has 98 valence electrons. The van der Waals surface area contributed by atoms with Gasteiger partial charge < -0.3 is 15.0 Å². The molecule has 1 aromatic rings. The van der Waals surface area contributed by atoms with Crippen LogP contribution in [-0.2, 0) is 16.1 Å². The molecule has 2 rings (SSSR count). The zero-order chi connectivity index (χ0) is 12.8. The average Bonchev–Trinajstić information content (AvgIpc) is 2.41. The van der Waals surface area contributed by atoms with E-state index < -0.39 is 0 Å². The highest BCUT2D eigenvalue weighted by atomic mass is 16.5. The summed E-state index contributed by atoms with van der Waals surface area (Å²) in [4.78, 5) is 21.9. The topological polar surface area (TPSA) is 67.3 Å². The number of morpholine rings is 1. The van der Waals surface area contributed by atoms with Gasteiger partial charge in [0.25, 0.3) is 0 Å². The van der Waals surface area contributed by atoms with Crippen LogP contribution >= 0.6 is 0 Å². The Bertz CT molecular complexity index is 394. The number of nitrogens with zero attached hydrogens (tertiary/aromatic N) is 3. The van der Waals surface area contributed by atoms with Crippen molar-refractivity contribution >= 4 is 11.7 Å². The van der Waals surface area contributed by atoms with Crippen molar-refractivity contribution in [2.45, 2.75) is 19.9 Å². The molecule has 0 saturated carbocycles. The molecule has 1 saturated heterocycles. The third kappa shape index (κ3) is 3.40. The van der Waals surface area contributed by atoms with E-state index in [-0.39, 0.29) is 12.5 Å². The van der Waals surface area contributed by atoms with Crippen molar-refractivity contribution in [1.29, 1.82) is 0 Å². The zero-order valence-electron chi connectivity index (χ0n) is 10.6. The molecule has 6 nitrogen and oxygen atoms in total. The molecule has 1 N–H and O–H groups in total. The largest absolute Gasteiger partial charge is 0.370 e. The standard InChI is InChI=1S/C12H18N4O2/c1-2-3-13-11-7-14-10(6-15-11)8-16-4-5-18-9-12(16)17/h6-7H,2-5,8-9H2,1H3,(H,13,15). The van der Waals surface area contributed by atoms with Crippen LogP contribution in [0, 0.1) is 0 Å². The second kappa shape index (κ2) is 6.30. The summed E-state index contributed by atoms with van der Waals surface area (Å²) in [7, 11) is 0. The number of rotatable bonds is 5. The fraction of sp³-hybridized carbons (Fsp3) is 0.583. The zero-order valence-corrected chi connectivity index (χ0v) is 10.6. The SMILES string of the molecule is CCCNc1cnc(CN2CCOCC2=O)cn1. The molecular formula is C12H18N4O2. The highest BCUT2D eigenvalue weighted by Crippen LogP contribution is 2.07. The van der Waals surface area contributed by atoms with Gasteiger partial charge in [-0.05, 0) is 6.42 Å². The normalized spacial score (nSPS) is 15.8. The van der Waals surface area contributed by atoms with E-state index in [9.17, 15) is 4.79 Å². The van der Waals surface area contributed by atoms with Gasteiger partial charge in [0.15, 0.2) is 0 Å². The summed E-state index contributed by atoms with van der Waals surface area (Å²) in [5.74, 6) is 0.783. The van der Waals surface area contributed by atoms with Crippen molar-refractivity contribution in [3.8, 4) is 0 Å². The Morgan fingerprint density at radius 3 is 3.00 bits per heavy atom. The minimum Gasteiger partial charge on any atom is -0.370 e. The molecule has 0 aromatic carbocycles. The number of hydrogen-bond donors (Lipinski definition) is 1. The molecule has 0 unspecified atom stereocenters. The average molecular weight is 250 g/mol. The summed E-state index contributed by atoms with van der Waals surface area (Å²) in [6.07, 6.45) is 4.46. The molecule has 0 radical (unpaired) electrons. The lowest BCUT2D eigenvalue weighted by atomic mass is 10.3. The number of ether oxygens (including phenoxy) is 1. The first kappa shape index (κ1) is 12.8. The molecule has 1 fully saturated rings. The number of aromatic nitrogens is 2. The molecular weight excluding hydrogens is 232 g/mol. The molecule has 0 aliphatic carbocycles. The van der Waals surface area contributed by atoms with E-state index in [0.717, 1.165) is 24.5 Å². The predicted molar refractivity (Wildman–Crippen MR) is 67.0 cm³/mol. The van der Waals surface area contributed by atoms with Gasteiger partial charge in [0.1, 0.15) is 12.4 Å². The first-order chi connectivity index (χ1) is 8.79. The van der Waals surface area contributed by atoms with Crippen molar-refractivity contribution in [2.75, 3.05) is 31.6 Å². The summed E-state index contributed by atoms with van der Waals surface area (Å²) in [6, 6.07) is 0. The quantitative estimate of drug-likeness (QED) is 0.831. The van der Waals surface area contributed by atoms with Gasteiger partial charge in [-0.25, -0.2) is 4.98 Å². The van der Waals surface area contributed by atoms with E-state index >= 15 is 0 Å². The lowest BCUT2D eigenvalue weighted by Crippen LogP contribution is -2.41. The maximum Gasteiger partial charge on any atom is 0.249 e. The smallest absolute Gasteiger partial charge is 0.249 e. The van der Waals surface area contributed by atoms with Crippen LogP contribution in [0.3, 0.4) is 0 Å². The summed E-state index contributed by atoms with van der Waals surface area (Å²) in [5, 5.41) is 3.16. The molecule has 0 spiro atoms. The highest BCUT2D eigenvalue weighted by molar-refractivity contribution is 5.77. The number of anilines is 1. The minimum absolute atomic E-state index is 0.0104. The van der Waals surface area contributed by atoms with Gasteiger partial charge in [-0.3, -0.25) is 9.78 Å². The number of nitrogens with one attached hydrogen (secondary N) is 1. The molecule has 1 amide bonds. The van der Waals surface area contributed by atoms with Crippen molar-refractivity contribution in [1.82, 2.24) is 14.9 Å². The van der Waals surface area contributed by atoms with Crippen LogP contribution in [0.5, 0.6) is 0 Å². The van der Waals surface area contributed by atoms with Gasteiger partial charge in [-0.2, -0.15) is 0 Å². The van der Waals surface area contributed by atoms with Gasteiger partial charge >= 0.3 is 0 Å². The highest BCUT2D eigenvalue weighted by Gasteiger charge is 2.18. The van der Waals surface area contributed by atoms with E-state index in [1.54, 1.807) is 17.3 Å². The van der Waals surface area contributed by atoms with Gasteiger partial charge in [-0.1, -0.05) is 6.92 Å². The van der Waals surface area contributed by atoms with Gasteiger partial charge in [0, 0.05) is 13.1 Å². The number of hydrogen-bond acceptors (Lipinski definition) is 5. The van der Waals surface area contributed by atoms with E-state index in [4.69, 9.17) is 4.74 Å². The van der Waals surface area contributed by atoms with Gasteiger partial charge in [-0.15, -0.1) is 0 Å². The molecule has 6 heteroatoms. The van der Waals surface area contributed by atoms with Crippen LogP contribution in [0.2, 0.25) is 0 Å². The molecule has 2 heterocycles. The summed E-state index contributed by atoms with van der Waals surface area (Å²) in [5.41, 5.74) is 0.798. The van der Waals surface area contributed by atoms with E-state index in [1.165, 1.54) is 0 Å². The van der Waals surface area contributed by atoms with Crippen LogP contribution in [0.25, 0.3) is 0 Å². The van der Waals surface area contributed by atoms with Crippen LogP contribution in [0.1, 0.15) is 19.0 Å². The number of amides is 1. The Labute approximate surface area is 106 Å². The van der Waals surface area contributed by atoms with Crippen LogP contribution in [0.15, 0.2) is 12.4 Å². The monoisotopic (exact) mass is 250 g/mol. The molecule has 1 aliphatic rings. The maximum absolute atomic E-state index is 11.5. The van der Waals surface area contributed by atoms with Crippen molar-refractivity contribution in [2.24, 2.45) is 0 Å². The minimum atomic E-state index is 0.0104. The first-order valence-electron chi connectivity index (χ1n) is 6.20. The second-order valence-electron chi connectivity index (χ2n) is 4.19. The van der Waals surface area contributed by atoms with Crippen LogP contribution in [-0.4, -0.2) is 47.1 Å². The predicted octanol–water partition coefficient (Wildman–Crippen LogP) is 0.657. The molecule has 1 aromatic heterocycles. The van der Waals surface area contributed by atoms with Gasteiger partial charge in [0.05, 0.1) is 31.2 Å². The molecule has 0 bridgehead atoms. The fourth-order valence-corrected chi connectivity index (χ4v) is 1.69. The molecule has 0 atom stereocenters. The summed E-state index contributed by atoms with van der Waals surface area (Å²) >= 11 is 0. The molecule has 18 heavy (non-hydrogen) atoms. The Hall–Kier alpha value is -1.69. The van der Waals surface area contributed by atoms with E-state index in [1.807, 2.05) is 0 Å². The second-order valence-corrected chi connectivity index (χ2v) is 4.19. The van der Waals surface area contributed by atoms with Crippen LogP contribution in [0.4, 0.5) is 5.82 Å². The van der Waals surface area contributed by atoms with Crippen molar-refractivity contribution in [3.63, 3.8) is 0 Å². The Morgan fingerprint density at radius 2 is 2.33 bits per heavy atom. The van der Waals surface area contributed by atoms with E-state index in [0.29, 0.717) is 19.7 Å². The van der Waals surface area contributed by atoms with Crippen LogP contribution < -0.4 is 5.32 Å². The molecule has 1 aliphatic heterocycles. The summed E-state index contributed by atoms with van der Waals surface area (Å²) < 4.78 is 5.08. The van der Waals surface area contributed by atoms with Gasteiger partial charge in [0.2, 0.25) is 5.91 Å². The summed E-state index contributed by atoms with van der Waals surface area (Å²) in [6.45, 7) is 4.87. The first-order valence-corrected chi connectivity index (χ1v) is 6.20. The Kier molecular flexibility index (Phi) is 4.46. The third-order valence-electron chi connectivity index (χ3n) is 2.70. The number of carbonyl (C=O) groups is 1.